The number of rotatable bonds is 0. The van der Waals surface area contributed by atoms with Gasteiger partial charge in [0.15, 0.2) is 0 Å². The molecule has 0 bridgehead atoms. The average molecular weight is 115 g/mol. The molecule has 1 fully saturated rings. The van der Waals surface area contributed by atoms with Crippen LogP contribution in [-0.2, 0) is 0 Å². The summed E-state index contributed by atoms with van der Waals surface area (Å²) in [7, 11) is 0. The minimum atomic E-state index is -1.29. The molecule has 0 spiro atoms. The summed E-state index contributed by atoms with van der Waals surface area (Å²) in [5, 5.41) is 0. The van der Waals surface area contributed by atoms with Gasteiger partial charge < -0.3 is 8.60 Å². The van der Waals surface area contributed by atoms with E-state index in [1.807, 2.05) is 0 Å². The fourth-order valence-corrected chi connectivity index (χ4v) is 2.81. The Hall–Kier alpha value is 0.452. The van der Waals surface area contributed by atoms with E-state index < -0.39 is 13.5 Å². The Morgan fingerprint density at radius 3 is 1.71 bits per heavy atom. The molecular weight excluding hydrogens is 103 g/mol. The lowest BCUT2D eigenvalue weighted by Crippen LogP contribution is -2.48. The maximum atomic E-state index is 3.45. The molecule has 0 amide bonds. The predicted octanol–water partition coefficient (Wildman–Crippen LogP) is -0.119. The van der Waals surface area contributed by atoms with Crippen LogP contribution in [0.15, 0.2) is 0 Å². The molecule has 3 heteroatoms. The van der Waals surface area contributed by atoms with Crippen LogP contribution in [0.4, 0.5) is 0 Å². The van der Waals surface area contributed by atoms with E-state index in [2.05, 4.69) is 20.2 Å². The SMILES string of the molecule is [CH3][Al-]1([CH3])[NH]CC[NH]1. The van der Waals surface area contributed by atoms with E-state index in [-0.39, 0.29) is 0 Å². The van der Waals surface area contributed by atoms with Gasteiger partial charge in [-0.25, -0.2) is 0 Å². The Morgan fingerprint density at radius 1 is 1.14 bits per heavy atom. The van der Waals surface area contributed by atoms with Crippen LogP contribution in [0.25, 0.3) is 0 Å². The number of hydrogen-bond acceptors (Lipinski definition) is 2. The molecule has 0 radical (unpaired) electrons. The van der Waals surface area contributed by atoms with Gasteiger partial charge in [0.2, 0.25) is 0 Å². The lowest BCUT2D eigenvalue weighted by atomic mass is 10.7. The molecule has 0 aromatic heterocycles. The van der Waals surface area contributed by atoms with Gasteiger partial charge in [0.1, 0.15) is 0 Å². The largest absolute Gasteiger partial charge is 0.514 e. The molecule has 2 N–H and O–H groups in total. The minimum absolute atomic E-state index is 1.18. The zero-order chi connectivity index (χ0) is 5.33. The van der Waals surface area contributed by atoms with Crippen LogP contribution >= 0.6 is 0 Å². The molecule has 0 unspecified atom stereocenters. The lowest BCUT2D eigenvalue weighted by molar-refractivity contribution is 0.942. The molecule has 1 heterocycles. The second-order valence-electron chi connectivity index (χ2n) is 2.78. The molecule has 1 rings (SSSR count). The third kappa shape index (κ3) is 1.43. The van der Waals surface area contributed by atoms with Gasteiger partial charge in [-0.05, 0) is 13.1 Å². The molecule has 1 aliphatic rings. The van der Waals surface area contributed by atoms with Crippen LogP contribution in [0.3, 0.4) is 0 Å². The van der Waals surface area contributed by atoms with E-state index in [0.29, 0.717) is 0 Å². The van der Waals surface area contributed by atoms with Crippen LogP contribution in [-0.4, -0.2) is 26.6 Å². The number of hydrogen-bond donors (Lipinski definition) is 2. The van der Waals surface area contributed by atoms with E-state index in [1.54, 1.807) is 0 Å². The standard InChI is InChI=1S/C2H6N2.2CH3.Al/c3-1-2-4;;;/h3-4H,1-2H2;2*1H3;/q-2;;;+1. The summed E-state index contributed by atoms with van der Waals surface area (Å²) < 4.78 is 6.90. The smallest absolute Gasteiger partial charge is 0.312 e. The van der Waals surface area contributed by atoms with E-state index in [0.717, 1.165) is 0 Å². The zero-order valence-electron chi connectivity index (χ0n) is 4.99. The van der Waals surface area contributed by atoms with Crippen molar-refractivity contribution in [3.05, 3.63) is 0 Å². The van der Waals surface area contributed by atoms with Gasteiger partial charge >= 0.3 is 13.5 Å². The predicted molar refractivity (Wildman–Crippen MR) is 33.5 cm³/mol. The van der Waals surface area contributed by atoms with E-state index >= 15 is 0 Å². The second-order valence-corrected chi connectivity index (χ2v) is 7.35. The highest BCUT2D eigenvalue weighted by atomic mass is 27.3. The van der Waals surface area contributed by atoms with Gasteiger partial charge in [-0.2, -0.15) is 11.6 Å². The van der Waals surface area contributed by atoms with Crippen molar-refractivity contribution in [1.82, 2.24) is 8.60 Å². The molecule has 1 saturated heterocycles. The van der Waals surface area contributed by atoms with Crippen molar-refractivity contribution in [3.63, 3.8) is 0 Å². The van der Waals surface area contributed by atoms with E-state index in [9.17, 15) is 0 Å². The van der Waals surface area contributed by atoms with Crippen molar-refractivity contribution < 1.29 is 0 Å². The summed E-state index contributed by atoms with van der Waals surface area (Å²) in [6.45, 7) is 2.36. The highest BCUT2D eigenvalue weighted by Crippen LogP contribution is 1.93. The molecule has 0 aromatic rings. The molecule has 1 aliphatic heterocycles. The first kappa shape index (κ1) is 5.59. The Morgan fingerprint density at radius 2 is 1.57 bits per heavy atom. The first-order valence-electron chi connectivity index (χ1n) is 2.94. The van der Waals surface area contributed by atoms with Crippen molar-refractivity contribution in [2.45, 2.75) is 11.6 Å². The summed E-state index contributed by atoms with van der Waals surface area (Å²) in [5.41, 5.74) is 0. The second kappa shape index (κ2) is 1.76. The van der Waals surface area contributed by atoms with Crippen LogP contribution in [0.5, 0.6) is 0 Å². The van der Waals surface area contributed by atoms with Crippen molar-refractivity contribution in [1.29, 1.82) is 0 Å². The fourth-order valence-electron chi connectivity index (χ4n) is 0.938. The lowest BCUT2D eigenvalue weighted by Gasteiger charge is -2.17. The first-order chi connectivity index (χ1) is 3.21. The Labute approximate surface area is 47.4 Å². The van der Waals surface area contributed by atoms with Gasteiger partial charge in [0.05, 0.1) is 0 Å². The van der Waals surface area contributed by atoms with Gasteiger partial charge in [0.25, 0.3) is 0 Å². The van der Waals surface area contributed by atoms with E-state index in [1.165, 1.54) is 13.1 Å². The zero-order valence-corrected chi connectivity index (χ0v) is 6.15. The molecule has 0 saturated carbocycles. The summed E-state index contributed by atoms with van der Waals surface area (Å²) in [6.07, 6.45) is 0. The van der Waals surface area contributed by atoms with Gasteiger partial charge in [-0.3, -0.25) is 0 Å². The maximum absolute atomic E-state index is 3.45. The molecular formula is C4H12AlN2-. The van der Waals surface area contributed by atoms with Crippen LogP contribution in [0, 0.1) is 0 Å². The monoisotopic (exact) mass is 115 g/mol. The maximum Gasteiger partial charge on any atom is 0.312 e. The quantitative estimate of drug-likeness (QED) is 0.430. The topological polar surface area (TPSA) is 24.1 Å². The molecule has 2 nitrogen and oxygen atoms in total. The first-order valence-corrected chi connectivity index (χ1v) is 6.40. The van der Waals surface area contributed by atoms with Crippen LogP contribution < -0.4 is 8.60 Å². The van der Waals surface area contributed by atoms with Gasteiger partial charge in [0, 0.05) is 0 Å². The summed E-state index contributed by atoms with van der Waals surface area (Å²) in [6, 6.07) is 0. The average Bonchev–Trinajstić information content (AvgIpc) is 1.84. The summed E-state index contributed by atoms with van der Waals surface area (Å²) >= 11 is -1.29. The normalized spacial score (nSPS) is 28.3. The van der Waals surface area contributed by atoms with Gasteiger partial charge in [-0.15, -0.1) is 0 Å². The van der Waals surface area contributed by atoms with Gasteiger partial charge in [-0.1, -0.05) is 0 Å². The van der Waals surface area contributed by atoms with Crippen molar-refractivity contribution in [2.75, 3.05) is 13.1 Å². The molecule has 0 aromatic carbocycles. The summed E-state index contributed by atoms with van der Waals surface area (Å²) in [5.74, 6) is 4.61. The van der Waals surface area contributed by atoms with E-state index in [4.69, 9.17) is 0 Å². The Bertz CT molecular complexity index is 64.1. The van der Waals surface area contributed by atoms with Crippen molar-refractivity contribution >= 4 is 13.5 Å². The molecule has 0 aliphatic carbocycles. The Balaban J connectivity index is 2.40. The van der Waals surface area contributed by atoms with Crippen LogP contribution in [0.1, 0.15) is 0 Å². The van der Waals surface area contributed by atoms with Crippen LogP contribution in [0.2, 0.25) is 11.6 Å². The Kier molecular flexibility index (Phi) is 1.40. The third-order valence-corrected chi connectivity index (χ3v) is 4.05. The fraction of sp³-hybridized carbons (Fsp3) is 1.00. The minimum Gasteiger partial charge on any atom is -0.514 e. The molecule has 7 heavy (non-hydrogen) atoms. The van der Waals surface area contributed by atoms with Crippen molar-refractivity contribution in [3.8, 4) is 0 Å². The molecule has 0 atom stereocenters. The highest BCUT2D eigenvalue weighted by molar-refractivity contribution is 6.73. The number of nitrogens with one attached hydrogen (secondary N) is 2. The highest BCUT2D eigenvalue weighted by Gasteiger charge is 2.20. The third-order valence-electron chi connectivity index (χ3n) is 1.43. The summed E-state index contributed by atoms with van der Waals surface area (Å²) in [4.78, 5) is 0. The van der Waals surface area contributed by atoms with Crippen molar-refractivity contribution in [2.24, 2.45) is 0 Å². The molecule has 42 valence electrons.